The molecule has 0 fully saturated rings. The summed E-state index contributed by atoms with van der Waals surface area (Å²) in [6.07, 6.45) is 6.63. The zero-order valence-corrected chi connectivity index (χ0v) is 13.9. The average molecular weight is 322 g/mol. The fourth-order valence-electron chi connectivity index (χ4n) is 1.70. The summed E-state index contributed by atoms with van der Waals surface area (Å²) in [5.74, 6) is -0.230. The Morgan fingerprint density at radius 2 is 2.00 bits per heavy atom. The highest BCUT2D eigenvalue weighted by Gasteiger charge is 2.15. The van der Waals surface area contributed by atoms with Gasteiger partial charge in [-0.25, -0.2) is 13.1 Å². The van der Waals surface area contributed by atoms with Crippen molar-refractivity contribution >= 4 is 15.9 Å². The largest absolute Gasteiger partial charge is 0.348 e. The molecule has 5 nitrogen and oxygen atoms in total. The van der Waals surface area contributed by atoms with Crippen LogP contribution in [0.4, 0.5) is 0 Å². The van der Waals surface area contributed by atoms with Gasteiger partial charge in [-0.1, -0.05) is 30.4 Å². The lowest BCUT2D eigenvalue weighted by atomic mass is 10.2. The van der Waals surface area contributed by atoms with Crippen molar-refractivity contribution in [2.75, 3.05) is 0 Å². The van der Waals surface area contributed by atoms with Gasteiger partial charge in [-0.3, -0.25) is 4.79 Å². The lowest BCUT2D eigenvalue weighted by Gasteiger charge is -2.10. The highest BCUT2D eigenvalue weighted by molar-refractivity contribution is 7.89. The van der Waals surface area contributed by atoms with Crippen LogP contribution in [0.3, 0.4) is 0 Å². The molecule has 22 heavy (non-hydrogen) atoms. The van der Waals surface area contributed by atoms with Crippen LogP contribution in [-0.4, -0.2) is 20.4 Å². The summed E-state index contributed by atoms with van der Waals surface area (Å²) >= 11 is 0. The third-order valence-electron chi connectivity index (χ3n) is 2.62. The summed E-state index contributed by atoms with van der Waals surface area (Å²) in [5, 5.41) is 2.70. The topological polar surface area (TPSA) is 75.3 Å². The van der Waals surface area contributed by atoms with E-state index in [1.807, 2.05) is 13.0 Å². The molecule has 0 aliphatic carbocycles. The summed E-state index contributed by atoms with van der Waals surface area (Å²) in [6.45, 7) is 5.65. The van der Waals surface area contributed by atoms with E-state index >= 15 is 0 Å². The lowest BCUT2D eigenvalue weighted by Crippen LogP contribution is -2.30. The molecule has 0 atom stereocenters. The fraction of sp³-hybridized carbons (Fsp3) is 0.312. The Kier molecular flexibility index (Phi) is 7.01. The van der Waals surface area contributed by atoms with Crippen LogP contribution in [0.15, 0.2) is 53.5 Å². The van der Waals surface area contributed by atoms with Crippen molar-refractivity contribution in [1.82, 2.24) is 10.0 Å². The van der Waals surface area contributed by atoms with Gasteiger partial charge in [0.05, 0.1) is 4.90 Å². The number of carbonyl (C=O) groups is 1. The minimum Gasteiger partial charge on any atom is -0.348 e. The van der Waals surface area contributed by atoms with Gasteiger partial charge in [0.1, 0.15) is 0 Å². The van der Waals surface area contributed by atoms with E-state index in [9.17, 15) is 13.2 Å². The Hall–Kier alpha value is -1.92. The van der Waals surface area contributed by atoms with Gasteiger partial charge in [0, 0.05) is 18.7 Å². The van der Waals surface area contributed by atoms with E-state index < -0.39 is 10.0 Å². The lowest BCUT2D eigenvalue weighted by molar-refractivity contribution is -0.116. The predicted octanol–water partition coefficient (Wildman–Crippen LogP) is 2.12. The van der Waals surface area contributed by atoms with Gasteiger partial charge in [0.2, 0.25) is 15.9 Å². The second kappa shape index (κ2) is 8.51. The smallest absolute Gasteiger partial charge is 0.244 e. The third kappa shape index (κ3) is 6.24. The molecule has 120 valence electrons. The van der Waals surface area contributed by atoms with Crippen LogP contribution in [0, 0.1) is 0 Å². The number of carbonyl (C=O) groups excluding carboxylic acids is 1. The number of nitrogens with one attached hydrogen (secondary N) is 2. The first-order valence-corrected chi connectivity index (χ1v) is 8.52. The Labute approximate surface area is 132 Å². The molecule has 0 aliphatic rings. The fourth-order valence-corrected chi connectivity index (χ4v) is 3.02. The highest BCUT2D eigenvalue weighted by Crippen LogP contribution is 2.12. The van der Waals surface area contributed by atoms with Gasteiger partial charge in [-0.15, -0.1) is 0 Å². The maximum Gasteiger partial charge on any atom is 0.244 e. The van der Waals surface area contributed by atoms with E-state index in [4.69, 9.17) is 0 Å². The molecule has 0 aliphatic heterocycles. The first kappa shape index (κ1) is 18.1. The van der Waals surface area contributed by atoms with Gasteiger partial charge in [-0.2, -0.15) is 0 Å². The number of benzene rings is 1. The average Bonchev–Trinajstić information content (AvgIpc) is 2.44. The van der Waals surface area contributed by atoms with Gasteiger partial charge < -0.3 is 5.32 Å². The summed E-state index contributed by atoms with van der Waals surface area (Å²) < 4.78 is 26.7. The van der Waals surface area contributed by atoms with Crippen LogP contribution < -0.4 is 10.0 Å². The van der Waals surface area contributed by atoms with E-state index in [0.717, 1.165) is 5.56 Å². The number of hydrogen-bond acceptors (Lipinski definition) is 3. The van der Waals surface area contributed by atoms with Crippen molar-refractivity contribution in [1.29, 1.82) is 0 Å². The molecule has 1 rings (SSSR count). The molecule has 0 spiro atoms. The van der Waals surface area contributed by atoms with E-state index in [0.29, 0.717) is 0 Å². The number of hydrogen-bond donors (Lipinski definition) is 2. The van der Waals surface area contributed by atoms with Crippen molar-refractivity contribution < 1.29 is 13.2 Å². The summed E-state index contributed by atoms with van der Waals surface area (Å²) in [7, 11) is -3.52. The molecular weight excluding hydrogens is 300 g/mol. The van der Waals surface area contributed by atoms with Crippen LogP contribution >= 0.6 is 0 Å². The maximum absolute atomic E-state index is 12.1. The molecule has 1 aromatic carbocycles. The van der Waals surface area contributed by atoms with E-state index in [2.05, 4.69) is 10.0 Å². The summed E-state index contributed by atoms with van der Waals surface area (Å²) in [4.78, 5) is 11.7. The first-order chi connectivity index (χ1) is 10.3. The molecule has 0 aromatic heterocycles. The molecule has 0 radical (unpaired) electrons. The standard InChI is InChI=1S/C16H22N2O3S/c1-4-5-6-10-16(19)17-12-14-8-7-9-15(11-14)22(20,21)18-13(2)3/h4-11,13,18H,12H2,1-3H3,(H,17,19). The molecular formula is C16H22N2O3S. The van der Waals surface area contributed by atoms with Crippen LogP contribution in [-0.2, 0) is 21.4 Å². The van der Waals surface area contributed by atoms with Crippen LogP contribution in [0.1, 0.15) is 26.3 Å². The molecule has 0 saturated carbocycles. The highest BCUT2D eigenvalue weighted by atomic mass is 32.2. The van der Waals surface area contributed by atoms with Crippen molar-refractivity contribution in [2.24, 2.45) is 0 Å². The molecule has 0 saturated heterocycles. The minimum atomic E-state index is -3.52. The van der Waals surface area contributed by atoms with Gasteiger partial charge in [0.25, 0.3) is 0 Å². The Balaban J connectivity index is 2.75. The second-order valence-corrected chi connectivity index (χ2v) is 6.74. The Morgan fingerprint density at radius 3 is 2.64 bits per heavy atom. The minimum absolute atomic E-state index is 0.176. The monoisotopic (exact) mass is 322 g/mol. The molecule has 2 N–H and O–H groups in total. The number of sulfonamides is 1. The number of rotatable bonds is 7. The Morgan fingerprint density at radius 1 is 1.27 bits per heavy atom. The van der Waals surface area contributed by atoms with Crippen LogP contribution in [0.2, 0.25) is 0 Å². The molecule has 1 amide bonds. The summed E-state index contributed by atoms with van der Waals surface area (Å²) in [6, 6.07) is 6.34. The van der Waals surface area contributed by atoms with E-state index in [1.165, 1.54) is 12.1 Å². The van der Waals surface area contributed by atoms with E-state index in [-0.39, 0.29) is 23.4 Å². The molecule has 0 unspecified atom stereocenters. The van der Waals surface area contributed by atoms with Crippen LogP contribution in [0.25, 0.3) is 0 Å². The van der Waals surface area contributed by atoms with Crippen molar-refractivity contribution in [3.63, 3.8) is 0 Å². The zero-order chi connectivity index (χ0) is 16.6. The van der Waals surface area contributed by atoms with Gasteiger partial charge in [-0.05, 0) is 38.5 Å². The first-order valence-electron chi connectivity index (χ1n) is 7.03. The maximum atomic E-state index is 12.1. The van der Waals surface area contributed by atoms with Gasteiger partial charge >= 0.3 is 0 Å². The normalized spacial score (nSPS) is 12.4. The molecule has 1 aromatic rings. The third-order valence-corrected chi connectivity index (χ3v) is 4.27. The van der Waals surface area contributed by atoms with Crippen molar-refractivity contribution in [2.45, 2.75) is 38.3 Å². The molecule has 6 heteroatoms. The molecule has 0 heterocycles. The number of allylic oxidation sites excluding steroid dienone is 3. The predicted molar refractivity (Wildman–Crippen MR) is 87.7 cm³/mol. The van der Waals surface area contributed by atoms with Crippen molar-refractivity contribution in [3.8, 4) is 0 Å². The quantitative estimate of drug-likeness (QED) is 0.596. The second-order valence-electron chi connectivity index (χ2n) is 5.03. The summed E-state index contributed by atoms with van der Waals surface area (Å²) in [5.41, 5.74) is 0.722. The molecule has 0 bridgehead atoms. The van der Waals surface area contributed by atoms with Gasteiger partial charge in [0.15, 0.2) is 0 Å². The SMILES string of the molecule is CC=CC=CC(=O)NCc1cccc(S(=O)(=O)NC(C)C)c1. The van der Waals surface area contributed by atoms with E-state index in [1.54, 1.807) is 44.2 Å². The Bertz CT molecular complexity index is 662. The number of amides is 1. The van der Waals surface area contributed by atoms with Crippen LogP contribution in [0.5, 0.6) is 0 Å². The zero-order valence-electron chi connectivity index (χ0n) is 13.0. The van der Waals surface area contributed by atoms with Crippen molar-refractivity contribution in [3.05, 3.63) is 54.1 Å².